The number of rotatable bonds is 4. The fourth-order valence-corrected chi connectivity index (χ4v) is 4.90. The highest BCUT2D eigenvalue weighted by Gasteiger charge is 2.30. The molecule has 0 heterocycles. The number of esters is 1. The molecular weight excluding hydrogens is 346 g/mol. The Kier molecular flexibility index (Phi) is 5.48. The number of fused-ring (bicyclic) bond motifs is 3. The monoisotopic (exact) mass is 373 g/mol. The lowest BCUT2D eigenvalue weighted by atomic mass is 9.74. The molecule has 0 unspecified atom stereocenters. The van der Waals surface area contributed by atoms with Gasteiger partial charge in [0, 0.05) is 0 Å². The van der Waals surface area contributed by atoms with Gasteiger partial charge in [-0.15, -0.1) is 0 Å². The highest BCUT2D eigenvalue weighted by Crippen LogP contribution is 2.36. The molecule has 0 N–H and O–H groups in total. The van der Waals surface area contributed by atoms with Gasteiger partial charge in [-0.25, -0.2) is 0 Å². The lowest BCUT2D eigenvalue weighted by Gasteiger charge is -2.31. The molecule has 0 bridgehead atoms. The molecule has 2 aromatic carbocycles. The van der Waals surface area contributed by atoms with E-state index in [9.17, 15) is 4.79 Å². The minimum Gasteiger partial charge on any atom is -0.426 e. The molecule has 4 rings (SSSR count). The average molecular weight is 373 g/mol. The van der Waals surface area contributed by atoms with Crippen molar-refractivity contribution in [2.45, 2.75) is 58.3 Å². The van der Waals surface area contributed by atoms with Gasteiger partial charge in [-0.3, -0.25) is 4.79 Å². The average Bonchev–Trinajstić information content (AvgIpc) is 2.74. The zero-order valence-corrected chi connectivity index (χ0v) is 16.5. The van der Waals surface area contributed by atoms with Gasteiger partial charge in [0.2, 0.25) is 0 Å². The topological polar surface area (TPSA) is 50.1 Å². The predicted molar refractivity (Wildman–Crippen MR) is 109 cm³/mol. The van der Waals surface area contributed by atoms with Gasteiger partial charge >= 0.3 is 5.97 Å². The first-order valence-corrected chi connectivity index (χ1v) is 10.5. The van der Waals surface area contributed by atoms with Crippen LogP contribution in [-0.4, -0.2) is 5.97 Å². The highest BCUT2D eigenvalue weighted by molar-refractivity contribution is 5.76. The summed E-state index contributed by atoms with van der Waals surface area (Å²) in [5.74, 6) is 1.12. The number of hydrogen-bond acceptors (Lipinski definition) is 3. The smallest absolute Gasteiger partial charge is 0.314 e. The highest BCUT2D eigenvalue weighted by atomic mass is 16.5. The number of carbonyl (C=O) groups excluding carboxylic acids is 1. The summed E-state index contributed by atoms with van der Waals surface area (Å²) >= 11 is 0. The second kappa shape index (κ2) is 8.19. The van der Waals surface area contributed by atoms with Crippen LogP contribution in [0.3, 0.4) is 0 Å². The van der Waals surface area contributed by atoms with Crippen molar-refractivity contribution in [2.75, 3.05) is 0 Å². The third-order valence-corrected chi connectivity index (χ3v) is 6.38. The molecular formula is C25H27NO2. The summed E-state index contributed by atoms with van der Waals surface area (Å²) < 4.78 is 5.57. The van der Waals surface area contributed by atoms with Gasteiger partial charge < -0.3 is 4.74 Å². The molecule has 0 fully saturated rings. The van der Waals surface area contributed by atoms with Crippen molar-refractivity contribution < 1.29 is 9.53 Å². The van der Waals surface area contributed by atoms with Gasteiger partial charge in [-0.2, -0.15) is 5.26 Å². The van der Waals surface area contributed by atoms with Crippen LogP contribution >= 0.6 is 0 Å². The molecule has 0 aromatic heterocycles. The summed E-state index contributed by atoms with van der Waals surface area (Å²) in [7, 11) is 0. The van der Waals surface area contributed by atoms with E-state index in [1.54, 1.807) is 35.4 Å². The van der Waals surface area contributed by atoms with Crippen LogP contribution in [0.4, 0.5) is 0 Å². The minimum absolute atomic E-state index is 0.0855. The van der Waals surface area contributed by atoms with Crippen LogP contribution in [0, 0.1) is 23.2 Å². The number of carbonyl (C=O) groups is 1. The van der Waals surface area contributed by atoms with E-state index in [2.05, 4.69) is 25.1 Å². The van der Waals surface area contributed by atoms with E-state index in [-0.39, 0.29) is 11.9 Å². The van der Waals surface area contributed by atoms with Gasteiger partial charge in [0.1, 0.15) is 5.75 Å². The Labute approximate surface area is 167 Å². The summed E-state index contributed by atoms with van der Waals surface area (Å²) in [4.78, 5) is 12.6. The number of benzene rings is 2. The van der Waals surface area contributed by atoms with E-state index in [4.69, 9.17) is 10.00 Å². The van der Waals surface area contributed by atoms with Gasteiger partial charge in [-0.1, -0.05) is 31.9 Å². The first kappa shape index (κ1) is 18.7. The largest absolute Gasteiger partial charge is 0.426 e. The zero-order chi connectivity index (χ0) is 19.5. The maximum Gasteiger partial charge on any atom is 0.314 e. The summed E-state index contributed by atoms with van der Waals surface area (Å²) in [6.07, 6.45) is 8.94. The van der Waals surface area contributed by atoms with Crippen LogP contribution in [0.25, 0.3) is 0 Å². The normalized spacial score (nSPS) is 20.6. The maximum atomic E-state index is 12.6. The number of ether oxygens (including phenoxy) is 1. The van der Waals surface area contributed by atoms with Crippen LogP contribution in [0.5, 0.6) is 5.75 Å². The summed E-state index contributed by atoms with van der Waals surface area (Å²) in [6.45, 7) is 2.28. The standard InChI is InChI=1S/C25H27NO2/c1-2-3-17-6-12-23-19(14-17)7-8-20-15-21(9-13-24(20)23)25(27)28-22-10-4-18(16-26)5-11-22/h4-5,7-8,10-11,17,21H,2-3,6,9,12-15H2,1H3/t17-,21-/m0/s1. The molecule has 0 aliphatic heterocycles. The van der Waals surface area contributed by atoms with Crippen molar-refractivity contribution in [1.29, 1.82) is 5.26 Å². The Hall–Kier alpha value is -2.60. The molecule has 0 saturated heterocycles. The number of nitrogens with zero attached hydrogens (tertiary/aromatic N) is 1. The molecule has 0 radical (unpaired) electrons. The van der Waals surface area contributed by atoms with Crippen molar-refractivity contribution in [1.82, 2.24) is 0 Å². The Morgan fingerprint density at radius 2 is 1.71 bits per heavy atom. The predicted octanol–water partition coefficient (Wildman–Crippen LogP) is 5.17. The van der Waals surface area contributed by atoms with E-state index in [0.29, 0.717) is 11.3 Å². The van der Waals surface area contributed by atoms with Crippen LogP contribution in [0.2, 0.25) is 0 Å². The quantitative estimate of drug-likeness (QED) is 0.548. The molecule has 2 aliphatic rings. The molecule has 144 valence electrons. The van der Waals surface area contributed by atoms with Crippen LogP contribution in [0.1, 0.15) is 60.4 Å². The fourth-order valence-electron chi connectivity index (χ4n) is 4.90. The van der Waals surface area contributed by atoms with Gasteiger partial charge in [0.05, 0.1) is 17.6 Å². The maximum absolute atomic E-state index is 12.6. The van der Waals surface area contributed by atoms with Gasteiger partial charge in [0.15, 0.2) is 0 Å². The lowest BCUT2D eigenvalue weighted by Crippen LogP contribution is -2.28. The first-order valence-electron chi connectivity index (χ1n) is 10.5. The van der Waals surface area contributed by atoms with E-state index in [1.165, 1.54) is 43.2 Å². The van der Waals surface area contributed by atoms with E-state index in [0.717, 1.165) is 25.2 Å². The Morgan fingerprint density at radius 1 is 1.04 bits per heavy atom. The van der Waals surface area contributed by atoms with Crippen molar-refractivity contribution in [2.24, 2.45) is 11.8 Å². The van der Waals surface area contributed by atoms with Gasteiger partial charge in [0.25, 0.3) is 0 Å². The molecule has 0 spiro atoms. The van der Waals surface area contributed by atoms with E-state index >= 15 is 0 Å². The Balaban J connectivity index is 1.45. The number of nitriles is 1. The third-order valence-electron chi connectivity index (χ3n) is 6.38. The molecule has 0 amide bonds. The second-order valence-corrected chi connectivity index (χ2v) is 8.24. The number of hydrogen-bond donors (Lipinski definition) is 0. The summed E-state index contributed by atoms with van der Waals surface area (Å²) in [5, 5.41) is 8.87. The second-order valence-electron chi connectivity index (χ2n) is 8.24. The zero-order valence-electron chi connectivity index (χ0n) is 16.5. The van der Waals surface area contributed by atoms with Crippen LogP contribution in [0.15, 0.2) is 36.4 Å². The molecule has 2 atom stereocenters. The van der Waals surface area contributed by atoms with E-state index in [1.807, 2.05) is 0 Å². The SMILES string of the molecule is CCC[C@H]1CCc2c(ccc3c2CC[C@H](C(=O)Oc2ccc(C#N)cc2)C3)C1. The molecule has 3 heteroatoms. The summed E-state index contributed by atoms with van der Waals surface area (Å²) in [6, 6.07) is 13.4. The van der Waals surface area contributed by atoms with Crippen LogP contribution in [-0.2, 0) is 30.5 Å². The van der Waals surface area contributed by atoms with Crippen molar-refractivity contribution >= 4 is 5.97 Å². The van der Waals surface area contributed by atoms with Crippen molar-refractivity contribution in [3.8, 4) is 11.8 Å². The summed E-state index contributed by atoms with van der Waals surface area (Å²) in [5.41, 5.74) is 6.53. The minimum atomic E-state index is -0.156. The van der Waals surface area contributed by atoms with Crippen molar-refractivity contribution in [3.05, 3.63) is 64.2 Å². The Morgan fingerprint density at radius 3 is 2.39 bits per heavy atom. The molecule has 2 aliphatic carbocycles. The lowest BCUT2D eigenvalue weighted by molar-refractivity contribution is -0.139. The molecule has 0 saturated carbocycles. The first-order chi connectivity index (χ1) is 13.7. The molecule has 28 heavy (non-hydrogen) atoms. The van der Waals surface area contributed by atoms with Crippen LogP contribution < -0.4 is 4.74 Å². The van der Waals surface area contributed by atoms with Gasteiger partial charge in [-0.05, 0) is 91.0 Å². The van der Waals surface area contributed by atoms with Crippen molar-refractivity contribution in [3.63, 3.8) is 0 Å². The third kappa shape index (κ3) is 3.83. The Bertz CT molecular complexity index is 907. The fraction of sp³-hybridized carbons (Fsp3) is 0.440. The molecule has 2 aromatic rings. The van der Waals surface area contributed by atoms with E-state index < -0.39 is 0 Å². The molecule has 3 nitrogen and oxygen atoms in total.